The fraction of sp³-hybridized carbons (Fsp3) is 0.471. The Balaban J connectivity index is 1.55. The SMILES string of the molecule is C[C@@H]1CCCC[C@H]1NC(=O)COC(=O)c1n[nH]c2ccccc12. The number of nitrogens with zero attached hydrogens (tertiary/aromatic N) is 1. The zero-order valence-electron chi connectivity index (χ0n) is 13.2. The Morgan fingerprint density at radius 3 is 2.91 bits per heavy atom. The number of rotatable bonds is 4. The van der Waals surface area contributed by atoms with Crippen molar-refractivity contribution in [2.75, 3.05) is 6.61 Å². The van der Waals surface area contributed by atoms with Gasteiger partial charge in [-0.1, -0.05) is 38.0 Å². The first kappa shape index (κ1) is 15.5. The quantitative estimate of drug-likeness (QED) is 0.849. The fourth-order valence-corrected chi connectivity index (χ4v) is 3.10. The predicted molar refractivity (Wildman–Crippen MR) is 85.9 cm³/mol. The highest BCUT2D eigenvalue weighted by molar-refractivity contribution is 6.02. The van der Waals surface area contributed by atoms with Crippen LogP contribution in [0.2, 0.25) is 0 Å². The molecule has 3 rings (SSSR count). The number of esters is 1. The van der Waals surface area contributed by atoms with Crippen LogP contribution < -0.4 is 5.32 Å². The molecule has 1 saturated carbocycles. The largest absolute Gasteiger partial charge is 0.451 e. The van der Waals surface area contributed by atoms with Crippen LogP contribution in [-0.4, -0.2) is 34.7 Å². The van der Waals surface area contributed by atoms with E-state index in [-0.39, 0.29) is 24.2 Å². The molecule has 23 heavy (non-hydrogen) atoms. The van der Waals surface area contributed by atoms with Gasteiger partial charge in [-0.25, -0.2) is 4.79 Å². The molecule has 1 aromatic heterocycles. The number of hydrogen-bond donors (Lipinski definition) is 2. The second-order valence-electron chi connectivity index (χ2n) is 6.13. The fourth-order valence-electron chi connectivity index (χ4n) is 3.10. The lowest BCUT2D eigenvalue weighted by Crippen LogP contribution is -2.42. The summed E-state index contributed by atoms with van der Waals surface area (Å²) in [6, 6.07) is 7.48. The number of carbonyl (C=O) groups excluding carboxylic acids is 2. The molecule has 1 heterocycles. The first-order valence-corrected chi connectivity index (χ1v) is 8.05. The molecule has 2 atom stereocenters. The highest BCUT2D eigenvalue weighted by Crippen LogP contribution is 2.23. The molecule has 1 amide bonds. The third-order valence-electron chi connectivity index (χ3n) is 4.46. The van der Waals surface area contributed by atoms with Gasteiger partial charge in [0, 0.05) is 11.4 Å². The van der Waals surface area contributed by atoms with Gasteiger partial charge in [0.05, 0.1) is 5.52 Å². The van der Waals surface area contributed by atoms with Crippen molar-refractivity contribution in [2.24, 2.45) is 5.92 Å². The van der Waals surface area contributed by atoms with Gasteiger partial charge in [-0.3, -0.25) is 9.89 Å². The molecule has 122 valence electrons. The maximum Gasteiger partial charge on any atom is 0.359 e. The minimum Gasteiger partial charge on any atom is -0.451 e. The number of benzene rings is 1. The van der Waals surface area contributed by atoms with Gasteiger partial charge in [0.2, 0.25) is 0 Å². The van der Waals surface area contributed by atoms with Crippen molar-refractivity contribution < 1.29 is 14.3 Å². The van der Waals surface area contributed by atoms with E-state index in [1.165, 1.54) is 6.42 Å². The number of nitrogens with one attached hydrogen (secondary N) is 2. The van der Waals surface area contributed by atoms with Crippen LogP contribution in [0.25, 0.3) is 10.9 Å². The van der Waals surface area contributed by atoms with Crippen molar-refractivity contribution in [3.05, 3.63) is 30.0 Å². The molecule has 0 aliphatic heterocycles. The number of aromatic nitrogens is 2. The number of hydrogen-bond acceptors (Lipinski definition) is 4. The monoisotopic (exact) mass is 315 g/mol. The molecule has 0 bridgehead atoms. The van der Waals surface area contributed by atoms with E-state index in [1.54, 1.807) is 6.07 Å². The minimum absolute atomic E-state index is 0.182. The molecule has 6 nitrogen and oxygen atoms in total. The average Bonchev–Trinajstić information content (AvgIpc) is 2.99. The summed E-state index contributed by atoms with van der Waals surface area (Å²) in [5.74, 6) is -0.370. The molecule has 0 spiro atoms. The van der Waals surface area contributed by atoms with Crippen LogP contribution in [-0.2, 0) is 9.53 Å². The topological polar surface area (TPSA) is 84.1 Å². The molecule has 6 heteroatoms. The zero-order chi connectivity index (χ0) is 16.2. The molecule has 1 aromatic carbocycles. The van der Waals surface area contributed by atoms with Gasteiger partial charge in [0.15, 0.2) is 12.3 Å². The molecule has 0 saturated heterocycles. The molecule has 2 aromatic rings. The zero-order valence-corrected chi connectivity index (χ0v) is 13.2. The van der Waals surface area contributed by atoms with Gasteiger partial charge in [-0.15, -0.1) is 0 Å². The van der Waals surface area contributed by atoms with Gasteiger partial charge in [0.1, 0.15) is 0 Å². The van der Waals surface area contributed by atoms with Crippen molar-refractivity contribution in [3.63, 3.8) is 0 Å². The van der Waals surface area contributed by atoms with Gasteiger partial charge in [0.25, 0.3) is 5.91 Å². The second kappa shape index (κ2) is 6.81. The molecule has 1 aliphatic carbocycles. The summed E-state index contributed by atoms with van der Waals surface area (Å²) in [6.45, 7) is 1.87. The van der Waals surface area contributed by atoms with E-state index in [4.69, 9.17) is 4.74 Å². The summed E-state index contributed by atoms with van der Waals surface area (Å²) in [7, 11) is 0. The Kier molecular flexibility index (Phi) is 4.60. The minimum atomic E-state index is -0.589. The lowest BCUT2D eigenvalue weighted by Gasteiger charge is -2.29. The van der Waals surface area contributed by atoms with Crippen LogP contribution >= 0.6 is 0 Å². The molecular weight excluding hydrogens is 294 g/mol. The van der Waals surface area contributed by atoms with Gasteiger partial charge in [-0.05, 0) is 24.8 Å². The summed E-state index contributed by atoms with van der Waals surface area (Å²) in [6.07, 6.45) is 4.47. The normalized spacial score (nSPS) is 21.1. The first-order chi connectivity index (χ1) is 11.1. The molecule has 1 aliphatic rings. The highest BCUT2D eigenvalue weighted by atomic mass is 16.5. The first-order valence-electron chi connectivity index (χ1n) is 8.05. The van der Waals surface area contributed by atoms with E-state index in [0.717, 1.165) is 24.8 Å². The van der Waals surface area contributed by atoms with Crippen LogP contribution in [0.4, 0.5) is 0 Å². The summed E-state index contributed by atoms with van der Waals surface area (Å²) in [5, 5.41) is 10.4. The maximum atomic E-state index is 12.1. The Labute approximate surface area is 134 Å². The third kappa shape index (κ3) is 3.52. The Morgan fingerprint density at radius 2 is 2.09 bits per heavy atom. The summed E-state index contributed by atoms with van der Waals surface area (Å²) < 4.78 is 5.10. The van der Waals surface area contributed by atoms with Gasteiger partial charge >= 0.3 is 5.97 Å². The molecular formula is C17H21N3O3. The Bertz CT molecular complexity index is 710. The van der Waals surface area contributed by atoms with Crippen LogP contribution in [0.1, 0.15) is 43.1 Å². The Hall–Kier alpha value is -2.37. The van der Waals surface area contributed by atoms with Gasteiger partial charge < -0.3 is 10.1 Å². The van der Waals surface area contributed by atoms with E-state index in [1.807, 2.05) is 18.2 Å². The average molecular weight is 315 g/mol. The maximum absolute atomic E-state index is 12.1. The molecule has 1 fully saturated rings. The predicted octanol–water partition coefficient (Wildman–Crippen LogP) is 2.41. The number of ether oxygens (including phenoxy) is 1. The van der Waals surface area contributed by atoms with Crippen molar-refractivity contribution >= 4 is 22.8 Å². The smallest absolute Gasteiger partial charge is 0.359 e. The van der Waals surface area contributed by atoms with Crippen LogP contribution in [0, 0.1) is 5.92 Å². The number of H-pyrrole nitrogens is 1. The third-order valence-corrected chi connectivity index (χ3v) is 4.46. The van der Waals surface area contributed by atoms with Crippen LogP contribution in [0.3, 0.4) is 0 Å². The number of para-hydroxylation sites is 1. The van der Waals surface area contributed by atoms with E-state index in [0.29, 0.717) is 11.3 Å². The number of amides is 1. The van der Waals surface area contributed by atoms with E-state index in [9.17, 15) is 9.59 Å². The Morgan fingerprint density at radius 1 is 1.30 bits per heavy atom. The van der Waals surface area contributed by atoms with Crippen LogP contribution in [0.5, 0.6) is 0 Å². The lowest BCUT2D eigenvalue weighted by molar-refractivity contribution is -0.125. The van der Waals surface area contributed by atoms with E-state index < -0.39 is 5.97 Å². The highest BCUT2D eigenvalue weighted by Gasteiger charge is 2.23. The second-order valence-corrected chi connectivity index (χ2v) is 6.13. The van der Waals surface area contributed by atoms with E-state index >= 15 is 0 Å². The molecule has 0 radical (unpaired) electrons. The number of fused-ring (bicyclic) bond motifs is 1. The van der Waals surface area contributed by atoms with Crippen molar-refractivity contribution in [2.45, 2.75) is 38.6 Å². The number of carbonyl (C=O) groups is 2. The van der Waals surface area contributed by atoms with E-state index in [2.05, 4.69) is 22.4 Å². The summed E-state index contributed by atoms with van der Waals surface area (Å²) >= 11 is 0. The molecule has 0 unspecified atom stereocenters. The lowest BCUT2D eigenvalue weighted by atomic mass is 9.86. The van der Waals surface area contributed by atoms with Gasteiger partial charge in [-0.2, -0.15) is 5.10 Å². The van der Waals surface area contributed by atoms with Crippen molar-refractivity contribution in [1.82, 2.24) is 15.5 Å². The standard InChI is InChI=1S/C17H21N3O3/c1-11-6-2-4-8-13(11)18-15(21)10-23-17(22)16-12-7-3-5-9-14(12)19-20-16/h3,5,7,9,11,13H,2,4,6,8,10H2,1H3,(H,18,21)(H,19,20)/t11-,13-/m1/s1. The number of aromatic amines is 1. The van der Waals surface area contributed by atoms with Crippen molar-refractivity contribution in [1.29, 1.82) is 0 Å². The summed E-state index contributed by atoms with van der Waals surface area (Å²) in [5.41, 5.74) is 0.972. The van der Waals surface area contributed by atoms with Crippen LogP contribution in [0.15, 0.2) is 24.3 Å². The molecule has 2 N–H and O–H groups in total. The van der Waals surface area contributed by atoms with Crippen molar-refractivity contribution in [3.8, 4) is 0 Å². The summed E-state index contributed by atoms with van der Waals surface area (Å²) in [4.78, 5) is 24.1.